The van der Waals surface area contributed by atoms with E-state index in [1.807, 2.05) is 20.8 Å². The lowest BCUT2D eigenvalue weighted by atomic mass is 10.2. The van der Waals surface area contributed by atoms with Gasteiger partial charge < -0.3 is 24.4 Å². The summed E-state index contributed by atoms with van der Waals surface area (Å²) in [7, 11) is 0. The molecule has 2 N–H and O–H groups in total. The summed E-state index contributed by atoms with van der Waals surface area (Å²) in [5, 5.41) is 8.16. The first-order valence-electron chi connectivity index (χ1n) is 7.90. The third-order valence-corrected chi connectivity index (χ3v) is 3.74. The number of hydrogen-bond acceptors (Lipinski definition) is 8. The Balaban J connectivity index is 2.38. The minimum absolute atomic E-state index is 0.0688. The van der Waals surface area contributed by atoms with Crippen molar-refractivity contribution in [1.82, 2.24) is 10.2 Å². The van der Waals surface area contributed by atoms with Crippen LogP contribution in [-0.2, 0) is 4.79 Å². The average Bonchev–Trinajstić information content (AvgIpc) is 3.05. The summed E-state index contributed by atoms with van der Waals surface area (Å²) < 4.78 is 22.6. The molecule has 25 heavy (non-hydrogen) atoms. The van der Waals surface area contributed by atoms with Gasteiger partial charge in [0.15, 0.2) is 11.5 Å². The third kappa shape index (κ3) is 5.02. The normalized spacial score (nSPS) is 10.5. The van der Waals surface area contributed by atoms with Crippen molar-refractivity contribution in [3.63, 3.8) is 0 Å². The van der Waals surface area contributed by atoms with Crippen molar-refractivity contribution in [2.24, 2.45) is 5.73 Å². The van der Waals surface area contributed by atoms with Crippen LogP contribution in [0.3, 0.4) is 0 Å². The molecule has 1 heterocycles. The smallest absolute Gasteiger partial charge is 0.277 e. The van der Waals surface area contributed by atoms with Crippen LogP contribution in [0.1, 0.15) is 20.8 Å². The number of carbonyl (C=O) groups excluding carboxylic acids is 1. The second-order valence-electron chi connectivity index (χ2n) is 4.73. The Kier molecular flexibility index (Phi) is 6.93. The second kappa shape index (κ2) is 9.16. The van der Waals surface area contributed by atoms with Gasteiger partial charge in [-0.1, -0.05) is 11.8 Å². The molecule has 0 bridgehead atoms. The number of hydrogen-bond donors (Lipinski definition) is 1. The van der Waals surface area contributed by atoms with E-state index in [-0.39, 0.29) is 16.9 Å². The van der Waals surface area contributed by atoms with Gasteiger partial charge in [-0.2, -0.15) is 0 Å². The van der Waals surface area contributed by atoms with E-state index >= 15 is 0 Å². The summed E-state index contributed by atoms with van der Waals surface area (Å²) in [6, 6.07) is 3.51. The van der Waals surface area contributed by atoms with E-state index in [4.69, 9.17) is 24.4 Å². The van der Waals surface area contributed by atoms with Gasteiger partial charge >= 0.3 is 0 Å². The van der Waals surface area contributed by atoms with E-state index in [2.05, 4.69) is 10.2 Å². The number of rotatable bonds is 10. The average molecular weight is 367 g/mol. The molecule has 0 saturated heterocycles. The lowest BCUT2D eigenvalue weighted by Crippen LogP contribution is -2.12. The van der Waals surface area contributed by atoms with Gasteiger partial charge in [0, 0.05) is 5.56 Å². The molecule has 0 saturated carbocycles. The Morgan fingerprint density at radius 3 is 2.20 bits per heavy atom. The Hall–Kier alpha value is -2.42. The van der Waals surface area contributed by atoms with Crippen molar-refractivity contribution < 1.29 is 23.4 Å². The fourth-order valence-corrected chi connectivity index (χ4v) is 2.53. The molecular formula is C16H21N3O5S. The zero-order chi connectivity index (χ0) is 18.2. The van der Waals surface area contributed by atoms with Gasteiger partial charge in [-0.15, -0.1) is 10.2 Å². The lowest BCUT2D eigenvalue weighted by molar-refractivity contribution is -0.115. The summed E-state index contributed by atoms with van der Waals surface area (Å²) in [4.78, 5) is 10.8. The Labute approximate surface area is 150 Å². The van der Waals surface area contributed by atoms with E-state index in [1.165, 1.54) is 0 Å². The third-order valence-electron chi connectivity index (χ3n) is 2.90. The van der Waals surface area contributed by atoms with Crippen LogP contribution in [-0.4, -0.2) is 41.7 Å². The molecule has 0 aliphatic rings. The number of primary amides is 1. The monoisotopic (exact) mass is 367 g/mol. The highest BCUT2D eigenvalue weighted by molar-refractivity contribution is 7.99. The molecule has 0 fully saturated rings. The number of nitrogens with zero attached hydrogens (tertiary/aromatic N) is 2. The zero-order valence-electron chi connectivity index (χ0n) is 14.4. The Bertz CT molecular complexity index is 693. The minimum atomic E-state index is -0.455. The molecule has 2 rings (SSSR count). The first-order valence-corrected chi connectivity index (χ1v) is 8.88. The molecule has 1 aromatic heterocycles. The molecule has 0 atom stereocenters. The minimum Gasteiger partial charge on any atom is -0.490 e. The molecule has 0 aliphatic heterocycles. The number of amides is 1. The molecule has 0 spiro atoms. The molecule has 0 radical (unpaired) electrons. The number of ether oxygens (including phenoxy) is 3. The number of benzene rings is 1. The number of thioether (sulfide) groups is 1. The van der Waals surface area contributed by atoms with Gasteiger partial charge in [0.1, 0.15) is 0 Å². The zero-order valence-corrected chi connectivity index (χ0v) is 15.2. The predicted molar refractivity (Wildman–Crippen MR) is 93.2 cm³/mol. The summed E-state index contributed by atoms with van der Waals surface area (Å²) in [5.74, 6) is 1.52. The largest absolute Gasteiger partial charge is 0.490 e. The van der Waals surface area contributed by atoms with Gasteiger partial charge in [0.05, 0.1) is 25.6 Å². The van der Waals surface area contributed by atoms with Gasteiger partial charge in [-0.25, -0.2) is 0 Å². The summed E-state index contributed by atoms with van der Waals surface area (Å²) in [6.45, 7) is 7.08. The maximum Gasteiger partial charge on any atom is 0.277 e. The first-order chi connectivity index (χ1) is 12.1. The predicted octanol–water partition coefficient (Wildman–Crippen LogP) is 2.51. The topological polar surface area (TPSA) is 110 Å². The number of nitrogens with two attached hydrogens (primary N) is 1. The van der Waals surface area contributed by atoms with Crippen molar-refractivity contribution in [3.05, 3.63) is 12.1 Å². The van der Waals surface area contributed by atoms with Gasteiger partial charge in [-0.05, 0) is 32.9 Å². The fraction of sp³-hybridized carbons (Fsp3) is 0.438. The van der Waals surface area contributed by atoms with Crippen LogP contribution < -0.4 is 19.9 Å². The van der Waals surface area contributed by atoms with E-state index < -0.39 is 5.91 Å². The van der Waals surface area contributed by atoms with Gasteiger partial charge in [-0.3, -0.25) is 4.79 Å². The maximum absolute atomic E-state index is 10.8. The highest BCUT2D eigenvalue weighted by Gasteiger charge is 2.19. The van der Waals surface area contributed by atoms with Crippen molar-refractivity contribution in [2.45, 2.75) is 26.0 Å². The van der Waals surface area contributed by atoms with Gasteiger partial charge in [0.2, 0.25) is 17.5 Å². The van der Waals surface area contributed by atoms with Crippen molar-refractivity contribution >= 4 is 17.7 Å². The van der Waals surface area contributed by atoms with Crippen LogP contribution in [0.2, 0.25) is 0 Å². The van der Waals surface area contributed by atoms with Crippen LogP contribution in [0.15, 0.2) is 21.8 Å². The van der Waals surface area contributed by atoms with Crippen LogP contribution >= 0.6 is 11.8 Å². The SMILES string of the molecule is CCOc1cc(-c2nnc(SCC(N)=O)o2)cc(OCC)c1OCC. The van der Waals surface area contributed by atoms with Crippen LogP contribution in [0, 0.1) is 0 Å². The van der Waals surface area contributed by atoms with Crippen molar-refractivity contribution in [3.8, 4) is 28.7 Å². The van der Waals surface area contributed by atoms with Crippen LogP contribution in [0.4, 0.5) is 0 Å². The lowest BCUT2D eigenvalue weighted by Gasteiger charge is -2.16. The molecule has 136 valence electrons. The molecule has 0 aliphatic carbocycles. The van der Waals surface area contributed by atoms with E-state index in [0.29, 0.717) is 42.6 Å². The molecule has 2 aromatic rings. The molecular weight excluding hydrogens is 346 g/mol. The Morgan fingerprint density at radius 1 is 1.08 bits per heavy atom. The quantitative estimate of drug-likeness (QED) is 0.638. The summed E-state index contributed by atoms with van der Waals surface area (Å²) in [5.41, 5.74) is 5.75. The highest BCUT2D eigenvalue weighted by atomic mass is 32.2. The maximum atomic E-state index is 10.8. The standard InChI is InChI=1S/C16H21N3O5S/c1-4-21-11-7-10(8-12(22-5-2)14(11)23-6-3)15-18-19-16(24-15)25-9-13(17)20/h7-8H,4-6,9H2,1-3H3,(H2,17,20). The number of aromatic nitrogens is 2. The van der Waals surface area contributed by atoms with E-state index in [0.717, 1.165) is 11.8 Å². The van der Waals surface area contributed by atoms with Crippen molar-refractivity contribution in [2.75, 3.05) is 25.6 Å². The number of carbonyl (C=O) groups is 1. The van der Waals surface area contributed by atoms with Crippen LogP contribution in [0.5, 0.6) is 17.2 Å². The highest BCUT2D eigenvalue weighted by Crippen LogP contribution is 2.41. The molecule has 9 heteroatoms. The molecule has 8 nitrogen and oxygen atoms in total. The van der Waals surface area contributed by atoms with E-state index in [9.17, 15) is 4.79 Å². The summed E-state index contributed by atoms with van der Waals surface area (Å²) >= 11 is 1.08. The molecule has 0 unspecified atom stereocenters. The van der Waals surface area contributed by atoms with Crippen LogP contribution in [0.25, 0.3) is 11.5 Å². The Morgan fingerprint density at radius 2 is 1.68 bits per heavy atom. The molecule has 1 aromatic carbocycles. The molecule has 1 amide bonds. The van der Waals surface area contributed by atoms with Crippen molar-refractivity contribution in [1.29, 1.82) is 0 Å². The van der Waals surface area contributed by atoms with Gasteiger partial charge in [0.25, 0.3) is 5.22 Å². The summed E-state index contributed by atoms with van der Waals surface area (Å²) in [6.07, 6.45) is 0. The second-order valence-corrected chi connectivity index (χ2v) is 5.66. The fourth-order valence-electron chi connectivity index (χ4n) is 2.03. The van der Waals surface area contributed by atoms with E-state index in [1.54, 1.807) is 12.1 Å². The first kappa shape index (κ1) is 18.9.